The summed E-state index contributed by atoms with van der Waals surface area (Å²) >= 11 is 5.25. The van der Waals surface area contributed by atoms with Crippen molar-refractivity contribution in [2.45, 2.75) is 13.5 Å². The maximum absolute atomic E-state index is 12.4. The van der Waals surface area contributed by atoms with E-state index in [1.54, 1.807) is 28.8 Å². The number of hydrogen-bond donors (Lipinski definition) is 1. The molecule has 0 saturated heterocycles. The molecule has 0 unspecified atom stereocenters. The monoisotopic (exact) mass is 355 g/mol. The number of nitrogens with one attached hydrogen (secondary N) is 1. The van der Waals surface area contributed by atoms with Gasteiger partial charge in [0, 0.05) is 5.56 Å². The van der Waals surface area contributed by atoms with Crippen molar-refractivity contribution in [1.29, 1.82) is 0 Å². The third-order valence-electron chi connectivity index (χ3n) is 3.61. The molecule has 3 aromatic rings. The van der Waals surface area contributed by atoms with Crippen LogP contribution in [-0.2, 0) is 11.3 Å². The fourth-order valence-corrected chi connectivity index (χ4v) is 2.65. The van der Waals surface area contributed by atoms with Gasteiger partial charge in [0.2, 0.25) is 0 Å². The summed E-state index contributed by atoms with van der Waals surface area (Å²) in [6.45, 7) is 1.93. The summed E-state index contributed by atoms with van der Waals surface area (Å²) in [4.78, 5) is 12.4. The Labute approximate surface area is 150 Å². The number of aromatic nitrogens is 3. The maximum Gasteiger partial charge on any atom is 0.331 e. The molecule has 1 heterocycles. The molecule has 0 spiro atoms. The van der Waals surface area contributed by atoms with Gasteiger partial charge >= 0.3 is 5.97 Å². The van der Waals surface area contributed by atoms with E-state index in [-0.39, 0.29) is 6.54 Å². The first-order valence-corrected chi connectivity index (χ1v) is 8.05. The summed E-state index contributed by atoms with van der Waals surface area (Å²) in [5.41, 5.74) is 1.96. The summed E-state index contributed by atoms with van der Waals surface area (Å²) in [6, 6.07) is 14.8. The number of rotatable bonds is 5. The minimum atomic E-state index is -0.462. The smallest absolute Gasteiger partial charge is 0.331 e. The van der Waals surface area contributed by atoms with E-state index < -0.39 is 5.97 Å². The van der Waals surface area contributed by atoms with E-state index in [2.05, 4.69) is 10.2 Å². The summed E-state index contributed by atoms with van der Waals surface area (Å²) in [5, 5.41) is 6.96. The SMILES string of the molecule is COc1ccccc1OC(=O)Cn1c(-c2cccc(C)c2)n[nH]c1=S. The van der Waals surface area contributed by atoms with Crippen LogP contribution in [0.15, 0.2) is 48.5 Å². The topological polar surface area (TPSA) is 69.1 Å². The second-order valence-electron chi connectivity index (χ2n) is 5.43. The maximum atomic E-state index is 12.4. The van der Waals surface area contributed by atoms with E-state index in [4.69, 9.17) is 21.7 Å². The van der Waals surface area contributed by atoms with Crippen LogP contribution >= 0.6 is 12.2 Å². The van der Waals surface area contributed by atoms with Crippen molar-refractivity contribution in [2.24, 2.45) is 0 Å². The molecule has 6 nitrogen and oxygen atoms in total. The largest absolute Gasteiger partial charge is 0.493 e. The second kappa shape index (κ2) is 7.31. The zero-order chi connectivity index (χ0) is 17.8. The van der Waals surface area contributed by atoms with Crippen LogP contribution < -0.4 is 9.47 Å². The lowest BCUT2D eigenvalue weighted by atomic mass is 10.1. The molecule has 25 heavy (non-hydrogen) atoms. The van der Waals surface area contributed by atoms with Crippen LogP contribution in [-0.4, -0.2) is 27.8 Å². The molecule has 0 aliphatic heterocycles. The predicted molar refractivity (Wildman–Crippen MR) is 96.2 cm³/mol. The van der Waals surface area contributed by atoms with E-state index in [0.29, 0.717) is 22.1 Å². The fourth-order valence-electron chi connectivity index (χ4n) is 2.46. The Morgan fingerprint density at radius 1 is 1.20 bits per heavy atom. The van der Waals surface area contributed by atoms with E-state index in [1.165, 1.54) is 7.11 Å². The Morgan fingerprint density at radius 2 is 1.96 bits per heavy atom. The summed E-state index contributed by atoms with van der Waals surface area (Å²) < 4.78 is 12.6. The molecule has 1 N–H and O–H groups in total. The lowest BCUT2D eigenvalue weighted by Crippen LogP contribution is -2.17. The van der Waals surface area contributed by atoms with Crippen LogP contribution in [0.4, 0.5) is 0 Å². The Morgan fingerprint density at radius 3 is 2.68 bits per heavy atom. The normalized spacial score (nSPS) is 10.5. The quantitative estimate of drug-likeness (QED) is 0.431. The highest BCUT2D eigenvalue weighted by atomic mass is 32.1. The number of hydrogen-bond acceptors (Lipinski definition) is 5. The Bertz CT molecular complexity index is 962. The number of carbonyl (C=O) groups is 1. The number of aryl methyl sites for hydroxylation is 1. The van der Waals surface area contributed by atoms with E-state index in [1.807, 2.05) is 31.2 Å². The first kappa shape index (κ1) is 16.9. The van der Waals surface area contributed by atoms with Gasteiger partial charge in [0.05, 0.1) is 7.11 Å². The highest BCUT2D eigenvalue weighted by molar-refractivity contribution is 7.71. The lowest BCUT2D eigenvalue weighted by molar-refractivity contribution is -0.135. The van der Waals surface area contributed by atoms with Gasteiger partial charge in [-0.25, -0.2) is 4.79 Å². The van der Waals surface area contributed by atoms with Crippen LogP contribution in [0.2, 0.25) is 0 Å². The zero-order valence-electron chi connectivity index (χ0n) is 13.9. The van der Waals surface area contributed by atoms with E-state index in [9.17, 15) is 4.79 Å². The number of carbonyl (C=O) groups excluding carboxylic acids is 1. The van der Waals surface area contributed by atoms with Crippen LogP contribution in [0.3, 0.4) is 0 Å². The first-order chi connectivity index (χ1) is 12.1. The standard InChI is InChI=1S/C18H17N3O3S/c1-12-6-5-7-13(10-12)17-19-20-18(25)21(17)11-16(22)24-15-9-4-3-8-14(15)23-2/h3-10H,11H2,1-2H3,(H,20,25). The van der Waals surface area contributed by atoms with Gasteiger partial charge < -0.3 is 9.47 Å². The van der Waals surface area contributed by atoms with Gasteiger partial charge in [-0.15, -0.1) is 0 Å². The molecule has 3 rings (SSSR count). The third kappa shape index (κ3) is 3.77. The number of nitrogens with zero attached hydrogens (tertiary/aromatic N) is 2. The molecule has 2 aromatic carbocycles. The molecule has 128 valence electrons. The summed E-state index contributed by atoms with van der Waals surface area (Å²) in [5.74, 6) is 0.981. The molecule has 0 radical (unpaired) electrons. The molecular weight excluding hydrogens is 338 g/mol. The second-order valence-corrected chi connectivity index (χ2v) is 5.82. The van der Waals surface area contributed by atoms with Gasteiger partial charge in [0.25, 0.3) is 0 Å². The van der Waals surface area contributed by atoms with Crippen LogP contribution in [0.5, 0.6) is 11.5 Å². The molecular formula is C18H17N3O3S. The predicted octanol–water partition coefficient (Wildman–Crippen LogP) is 3.53. The molecule has 0 bridgehead atoms. The van der Waals surface area contributed by atoms with Crippen LogP contribution in [0.25, 0.3) is 11.4 Å². The van der Waals surface area contributed by atoms with Gasteiger partial charge in [-0.3, -0.25) is 9.67 Å². The molecule has 0 aliphatic rings. The highest BCUT2D eigenvalue weighted by Gasteiger charge is 2.15. The fraction of sp³-hybridized carbons (Fsp3) is 0.167. The average molecular weight is 355 g/mol. The van der Waals surface area contributed by atoms with Crippen molar-refractivity contribution in [2.75, 3.05) is 7.11 Å². The average Bonchev–Trinajstić information content (AvgIpc) is 2.96. The van der Waals surface area contributed by atoms with Crippen molar-refractivity contribution < 1.29 is 14.3 Å². The Hall–Kier alpha value is -2.93. The Balaban J connectivity index is 1.85. The molecule has 0 amide bonds. The number of ether oxygens (including phenoxy) is 2. The van der Waals surface area contributed by atoms with Gasteiger partial charge in [-0.2, -0.15) is 5.10 Å². The van der Waals surface area contributed by atoms with Crippen LogP contribution in [0, 0.1) is 11.7 Å². The molecule has 0 fully saturated rings. The third-order valence-corrected chi connectivity index (χ3v) is 3.93. The van der Waals surface area contributed by atoms with Gasteiger partial charge in [-0.05, 0) is 37.3 Å². The number of benzene rings is 2. The number of H-pyrrole nitrogens is 1. The molecule has 0 atom stereocenters. The van der Waals surface area contributed by atoms with E-state index >= 15 is 0 Å². The molecule has 0 saturated carbocycles. The zero-order valence-corrected chi connectivity index (χ0v) is 14.7. The van der Waals surface area contributed by atoms with Crippen molar-refractivity contribution in [3.63, 3.8) is 0 Å². The van der Waals surface area contributed by atoms with Crippen molar-refractivity contribution in [1.82, 2.24) is 14.8 Å². The number of aromatic amines is 1. The lowest BCUT2D eigenvalue weighted by Gasteiger charge is -2.10. The summed E-state index contributed by atoms with van der Waals surface area (Å²) in [7, 11) is 1.52. The van der Waals surface area contributed by atoms with Crippen molar-refractivity contribution in [3.8, 4) is 22.9 Å². The Kier molecular flexibility index (Phi) is 4.95. The van der Waals surface area contributed by atoms with Crippen LogP contribution in [0.1, 0.15) is 5.56 Å². The molecule has 7 heteroatoms. The highest BCUT2D eigenvalue weighted by Crippen LogP contribution is 2.26. The van der Waals surface area contributed by atoms with Crippen molar-refractivity contribution in [3.05, 3.63) is 58.9 Å². The minimum absolute atomic E-state index is 0.0589. The molecule has 1 aromatic heterocycles. The van der Waals surface area contributed by atoms with Gasteiger partial charge in [0.1, 0.15) is 6.54 Å². The first-order valence-electron chi connectivity index (χ1n) is 7.64. The van der Waals surface area contributed by atoms with Crippen molar-refractivity contribution >= 4 is 18.2 Å². The van der Waals surface area contributed by atoms with Gasteiger partial charge in [0.15, 0.2) is 22.1 Å². The minimum Gasteiger partial charge on any atom is -0.493 e. The van der Waals surface area contributed by atoms with E-state index in [0.717, 1.165) is 11.1 Å². The number of para-hydroxylation sites is 2. The molecule has 0 aliphatic carbocycles. The van der Waals surface area contributed by atoms with Gasteiger partial charge in [-0.1, -0.05) is 35.9 Å². The number of methoxy groups -OCH3 is 1. The summed E-state index contributed by atoms with van der Waals surface area (Å²) in [6.07, 6.45) is 0. The number of esters is 1.